The molecule has 0 saturated carbocycles. The molecule has 3 rings (SSSR count). The predicted octanol–water partition coefficient (Wildman–Crippen LogP) is 1.89. The van der Waals surface area contributed by atoms with Gasteiger partial charge in [0, 0.05) is 13.6 Å². The number of aliphatic imine (C=N–C) groups is 1. The molecule has 1 aromatic heterocycles. The van der Waals surface area contributed by atoms with Gasteiger partial charge in [-0.1, -0.05) is 19.4 Å². The van der Waals surface area contributed by atoms with Gasteiger partial charge in [0.25, 0.3) is 0 Å². The Balaban J connectivity index is 1.64. The third-order valence-electron chi connectivity index (χ3n) is 4.28. The highest BCUT2D eigenvalue weighted by Gasteiger charge is 2.13. The Labute approximate surface area is 153 Å². The zero-order chi connectivity index (χ0) is 18.4. The van der Waals surface area contributed by atoms with Crippen molar-refractivity contribution in [1.82, 2.24) is 25.4 Å². The largest absolute Gasteiger partial charge is 0.454 e. The number of benzene rings is 1. The molecule has 2 N–H and O–H groups in total. The quantitative estimate of drug-likeness (QED) is 0.447. The number of fused-ring (bicyclic) bond motifs is 1. The van der Waals surface area contributed by atoms with E-state index in [-0.39, 0.29) is 6.79 Å². The summed E-state index contributed by atoms with van der Waals surface area (Å²) in [6.07, 6.45) is 2.22. The summed E-state index contributed by atoms with van der Waals surface area (Å²) in [5.74, 6) is 4.09. The van der Waals surface area contributed by atoms with Gasteiger partial charge in [0.05, 0.1) is 13.1 Å². The molecule has 0 unspecified atom stereocenters. The topological polar surface area (TPSA) is 85.6 Å². The minimum absolute atomic E-state index is 0.282. The van der Waals surface area contributed by atoms with Gasteiger partial charge in [-0.15, -0.1) is 10.2 Å². The van der Waals surface area contributed by atoms with E-state index in [0.29, 0.717) is 13.1 Å². The number of nitrogens with one attached hydrogen (secondary N) is 2. The maximum absolute atomic E-state index is 5.43. The van der Waals surface area contributed by atoms with Crippen LogP contribution in [0.2, 0.25) is 0 Å². The lowest BCUT2D eigenvalue weighted by atomic mass is 10.2. The number of ether oxygens (including phenoxy) is 2. The first-order chi connectivity index (χ1) is 12.7. The smallest absolute Gasteiger partial charge is 0.231 e. The van der Waals surface area contributed by atoms with Crippen LogP contribution in [0.5, 0.6) is 11.5 Å². The molecule has 0 fully saturated rings. The summed E-state index contributed by atoms with van der Waals surface area (Å²) in [5.41, 5.74) is 1.07. The normalized spacial score (nSPS) is 13.1. The summed E-state index contributed by atoms with van der Waals surface area (Å²) in [4.78, 5) is 4.68. The highest BCUT2D eigenvalue weighted by molar-refractivity contribution is 5.79. The van der Waals surface area contributed by atoms with Crippen molar-refractivity contribution < 1.29 is 9.47 Å². The average molecular weight is 358 g/mol. The lowest BCUT2D eigenvalue weighted by molar-refractivity contribution is 0.174. The number of aryl methyl sites for hydroxylation is 1. The minimum Gasteiger partial charge on any atom is -0.454 e. The molecule has 0 amide bonds. The summed E-state index contributed by atoms with van der Waals surface area (Å²) in [6.45, 7) is 6.38. The van der Waals surface area contributed by atoms with Crippen LogP contribution in [0.4, 0.5) is 0 Å². The molecule has 0 radical (unpaired) electrons. The van der Waals surface area contributed by atoms with Gasteiger partial charge in [0.1, 0.15) is 5.82 Å². The fraction of sp³-hybridized carbons (Fsp3) is 0.500. The minimum atomic E-state index is 0.282. The van der Waals surface area contributed by atoms with E-state index in [0.717, 1.165) is 54.1 Å². The first kappa shape index (κ1) is 18.0. The third kappa shape index (κ3) is 4.44. The molecular formula is C18H26N6O2. The Kier molecular flexibility index (Phi) is 5.93. The maximum Gasteiger partial charge on any atom is 0.231 e. The second kappa shape index (κ2) is 8.55. The van der Waals surface area contributed by atoms with Gasteiger partial charge in [0.15, 0.2) is 23.3 Å². The molecule has 0 spiro atoms. The molecule has 1 aromatic carbocycles. The van der Waals surface area contributed by atoms with Crippen molar-refractivity contribution in [3.63, 3.8) is 0 Å². The van der Waals surface area contributed by atoms with Crippen molar-refractivity contribution in [1.29, 1.82) is 0 Å². The van der Waals surface area contributed by atoms with Gasteiger partial charge in [-0.25, -0.2) is 4.99 Å². The fourth-order valence-corrected chi connectivity index (χ4v) is 2.54. The van der Waals surface area contributed by atoms with E-state index in [2.05, 4.69) is 32.7 Å². The Morgan fingerprint density at radius 3 is 2.85 bits per heavy atom. The van der Waals surface area contributed by atoms with Crippen LogP contribution in [0, 0.1) is 6.92 Å². The number of aromatic nitrogens is 3. The van der Waals surface area contributed by atoms with E-state index in [1.54, 1.807) is 0 Å². The van der Waals surface area contributed by atoms with Crippen molar-refractivity contribution >= 4 is 5.96 Å². The van der Waals surface area contributed by atoms with Crippen molar-refractivity contribution in [2.75, 3.05) is 13.3 Å². The SMILES string of the molecule is CCCCNC(=NCc1ccc2c(c1)OCO2)NCc1nnc(C)n1C. The number of unbranched alkanes of at least 4 members (excludes halogenated alkanes) is 1. The van der Waals surface area contributed by atoms with Gasteiger partial charge in [0.2, 0.25) is 6.79 Å². The van der Waals surface area contributed by atoms with Crippen LogP contribution in [0.3, 0.4) is 0 Å². The molecule has 0 saturated heterocycles. The standard InChI is InChI=1S/C18H26N6O2/c1-4-5-8-19-18(21-11-17-23-22-13(2)24(17)3)20-10-14-6-7-15-16(9-14)26-12-25-15/h6-7,9H,4-5,8,10-12H2,1-3H3,(H2,19,20,21). The number of rotatable bonds is 7. The van der Waals surface area contributed by atoms with Crippen LogP contribution in [-0.2, 0) is 20.1 Å². The van der Waals surface area contributed by atoms with E-state index in [9.17, 15) is 0 Å². The maximum atomic E-state index is 5.43. The van der Waals surface area contributed by atoms with E-state index in [1.807, 2.05) is 36.7 Å². The molecule has 2 aromatic rings. The molecule has 0 bridgehead atoms. The molecule has 8 nitrogen and oxygen atoms in total. The van der Waals surface area contributed by atoms with Crippen molar-refractivity contribution in [2.45, 2.75) is 39.8 Å². The zero-order valence-electron chi connectivity index (χ0n) is 15.6. The lowest BCUT2D eigenvalue weighted by Gasteiger charge is -2.12. The summed E-state index contributed by atoms with van der Waals surface area (Å²) < 4.78 is 12.7. The van der Waals surface area contributed by atoms with Crippen LogP contribution in [0.25, 0.3) is 0 Å². The van der Waals surface area contributed by atoms with Crippen LogP contribution in [-0.4, -0.2) is 34.1 Å². The van der Waals surface area contributed by atoms with Gasteiger partial charge < -0.3 is 24.7 Å². The van der Waals surface area contributed by atoms with Gasteiger partial charge in [-0.05, 0) is 31.0 Å². The van der Waals surface area contributed by atoms with Gasteiger partial charge in [-0.2, -0.15) is 0 Å². The van der Waals surface area contributed by atoms with Crippen molar-refractivity contribution in [2.24, 2.45) is 12.0 Å². The number of hydrogen-bond donors (Lipinski definition) is 2. The average Bonchev–Trinajstić information content (AvgIpc) is 3.24. The van der Waals surface area contributed by atoms with Crippen LogP contribution in [0.15, 0.2) is 23.2 Å². The highest BCUT2D eigenvalue weighted by atomic mass is 16.7. The first-order valence-electron chi connectivity index (χ1n) is 8.93. The monoisotopic (exact) mass is 358 g/mol. The number of nitrogens with zero attached hydrogens (tertiary/aromatic N) is 4. The Hall–Kier alpha value is -2.77. The van der Waals surface area contributed by atoms with Crippen LogP contribution < -0.4 is 20.1 Å². The zero-order valence-corrected chi connectivity index (χ0v) is 15.6. The summed E-state index contributed by atoms with van der Waals surface area (Å²) in [6, 6.07) is 5.90. The molecule has 1 aliphatic rings. The highest BCUT2D eigenvalue weighted by Crippen LogP contribution is 2.32. The van der Waals surface area contributed by atoms with Crippen molar-refractivity contribution in [3.05, 3.63) is 35.4 Å². The molecule has 2 heterocycles. The van der Waals surface area contributed by atoms with E-state index >= 15 is 0 Å². The molecule has 8 heteroatoms. The predicted molar refractivity (Wildman–Crippen MR) is 99.2 cm³/mol. The molecule has 140 valence electrons. The third-order valence-corrected chi connectivity index (χ3v) is 4.28. The molecule has 1 aliphatic heterocycles. The van der Waals surface area contributed by atoms with E-state index < -0.39 is 0 Å². The summed E-state index contributed by atoms with van der Waals surface area (Å²) in [7, 11) is 1.96. The summed E-state index contributed by atoms with van der Waals surface area (Å²) >= 11 is 0. The first-order valence-corrected chi connectivity index (χ1v) is 8.93. The molecular weight excluding hydrogens is 332 g/mol. The lowest BCUT2D eigenvalue weighted by Crippen LogP contribution is -2.38. The van der Waals surface area contributed by atoms with Crippen LogP contribution in [0.1, 0.15) is 37.0 Å². The van der Waals surface area contributed by atoms with Gasteiger partial charge >= 0.3 is 0 Å². The van der Waals surface area contributed by atoms with Crippen molar-refractivity contribution in [3.8, 4) is 11.5 Å². The fourth-order valence-electron chi connectivity index (χ4n) is 2.54. The van der Waals surface area contributed by atoms with E-state index in [4.69, 9.17) is 9.47 Å². The Bertz CT molecular complexity index is 771. The molecule has 0 atom stereocenters. The Morgan fingerprint density at radius 2 is 2.08 bits per heavy atom. The number of hydrogen-bond acceptors (Lipinski definition) is 5. The second-order valence-corrected chi connectivity index (χ2v) is 6.21. The van der Waals surface area contributed by atoms with E-state index in [1.165, 1.54) is 0 Å². The van der Waals surface area contributed by atoms with Gasteiger partial charge in [-0.3, -0.25) is 0 Å². The summed E-state index contributed by atoms with van der Waals surface area (Å²) in [5, 5.41) is 15.0. The second-order valence-electron chi connectivity index (χ2n) is 6.21. The number of guanidine groups is 1. The Morgan fingerprint density at radius 1 is 1.23 bits per heavy atom. The molecule has 0 aliphatic carbocycles. The van der Waals surface area contributed by atoms with Crippen LogP contribution >= 0.6 is 0 Å². The molecule has 26 heavy (non-hydrogen) atoms.